The predicted octanol–water partition coefficient (Wildman–Crippen LogP) is 0.840. The number of aldehydes is 1. The molecule has 1 rings (SSSR count). The van der Waals surface area contributed by atoms with Gasteiger partial charge >= 0.3 is 0 Å². The van der Waals surface area contributed by atoms with Crippen molar-refractivity contribution in [3.8, 4) is 5.75 Å². The molecular formula is C10H12O4S. The van der Waals surface area contributed by atoms with Crippen molar-refractivity contribution in [3.05, 3.63) is 23.8 Å². The fourth-order valence-corrected chi connectivity index (χ4v) is 2.21. The fraction of sp³-hybridized carbons (Fsp3) is 0.300. The smallest absolute Gasteiger partial charge is 0.179 e. The van der Waals surface area contributed by atoms with Gasteiger partial charge in [-0.2, -0.15) is 0 Å². The number of carbonyl (C=O) groups excluding carboxylic acids is 1. The number of para-hydroxylation sites is 1. The third-order valence-electron chi connectivity index (χ3n) is 1.97. The van der Waals surface area contributed by atoms with Crippen molar-refractivity contribution in [2.45, 2.75) is 11.3 Å². The number of benzene rings is 1. The Bertz CT molecular complexity index is 462. The van der Waals surface area contributed by atoms with Crippen LogP contribution in [-0.2, 0) is 21.1 Å². The van der Waals surface area contributed by atoms with E-state index in [1.807, 2.05) is 0 Å². The van der Waals surface area contributed by atoms with Crippen LogP contribution in [0.1, 0.15) is 5.56 Å². The van der Waals surface area contributed by atoms with Gasteiger partial charge in [0.25, 0.3) is 0 Å². The highest BCUT2D eigenvalue weighted by Crippen LogP contribution is 2.27. The van der Waals surface area contributed by atoms with E-state index >= 15 is 0 Å². The SMILES string of the molecule is COc1c(CC=O)cccc1S(C)(=O)=O. The molecule has 0 fully saturated rings. The van der Waals surface area contributed by atoms with Crippen molar-refractivity contribution in [2.75, 3.05) is 13.4 Å². The van der Waals surface area contributed by atoms with E-state index in [0.29, 0.717) is 11.8 Å². The van der Waals surface area contributed by atoms with Crippen molar-refractivity contribution in [1.29, 1.82) is 0 Å². The molecule has 0 radical (unpaired) electrons. The topological polar surface area (TPSA) is 60.4 Å². The van der Waals surface area contributed by atoms with Crippen LogP contribution in [0.2, 0.25) is 0 Å². The Morgan fingerprint density at radius 2 is 2.07 bits per heavy atom. The summed E-state index contributed by atoms with van der Waals surface area (Å²) in [5.41, 5.74) is 0.579. The van der Waals surface area contributed by atoms with E-state index in [0.717, 1.165) is 6.26 Å². The molecule has 0 unspecified atom stereocenters. The summed E-state index contributed by atoms with van der Waals surface area (Å²) in [6, 6.07) is 4.72. The lowest BCUT2D eigenvalue weighted by molar-refractivity contribution is -0.107. The molecule has 4 nitrogen and oxygen atoms in total. The van der Waals surface area contributed by atoms with Gasteiger partial charge in [0.2, 0.25) is 0 Å². The van der Waals surface area contributed by atoms with Gasteiger partial charge in [-0.25, -0.2) is 8.42 Å². The second kappa shape index (κ2) is 4.44. The van der Waals surface area contributed by atoms with E-state index in [1.54, 1.807) is 12.1 Å². The molecule has 5 heteroatoms. The average molecular weight is 228 g/mol. The van der Waals surface area contributed by atoms with E-state index in [-0.39, 0.29) is 17.1 Å². The first-order valence-corrected chi connectivity index (χ1v) is 6.19. The van der Waals surface area contributed by atoms with E-state index in [2.05, 4.69) is 0 Å². The quantitative estimate of drug-likeness (QED) is 0.716. The Kier molecular flexibility index (Phi) is 3.47. The first kappa shape index (κ1) is 11.7. The molecule has 0 aliphatic heterocycles. The van der Waals surface area contributed by atoms with E-state index in [9.17, 15) is 13.2 Å². The van der Waals surface area contributed by atoms with Crippen molar-refractivity contribution >= 4 is 16.1 Å². The lowest BCUT2D eigenvalue weighted by atomic mass is 10.1. The number of hydrogen-bond donors (Lipinski definition) is 0. The second-order valence-corrected chi connectivity index (χ2v) is 5.08. The summed E-state index contributed by atoms with van der Waals surface area (Å²) in [5, 5.41) is 0. The Balaban J connectivity index is 3.41. The summed E-state index contributed by atoms with van der Waals surface area (Å²) in [6.07, 6.45) is 1.96. The minimum absolute atomic E-state index is 0.115. The molecule has 0 atom stereocenters. The lowest BCUT2D eigenvalue weighted by Crippen LogP contribution is -2.03. The molecule has 82 valence electrons. The molecule has 0 saturated carbocycles. The summed E-state index contributed by atoms with van der Waals surface area (Å²) in [4.78, 5) is 10.5. The van der Waals surface area contributed by atoms with Crippen LogP contribution in [0, 0.1) is 0 Å². The molecule has 0 heterocycles. The van der Waals surface area contributed by atoms with Crippen LogP contribution >= 0.6 is 0 Å². The van der Waals surface area contributed by atoms with Crippen molar-refractivity contribution in [1.82, 2.24) is 0 Å². The molecule has 1 aromatic carbocycles. The molecule has 0 aliphatic carbocycles. The number of rotatable bonds is 4. The Labute approximate surface area is 88.8 Å². The third kappa shape index (κ3) is 2.56. The maximum atomic E-state index is 11.4. The summed E-state index contributed by atoms with van der Waals surface area (Å²) in [5.74, 6) is 0.257. The van der Waals surface area contributed by atoms with Crippen LogP contribution in [0.4, 0.5) is 0 Å². The van der Waals surface area contributed by atoms with Gasteiger partial charge in [-0.1, -0.05) is 12.1 Å². The van der Waals surface area contributed by atoms with Gasteiger partial charge in [0.15, 0.2) is 9.84 Å². The van der Waals surface area contributed by atoms with E-state index in [1.165, 1.54) is 13.2 Å². The molecule has 0 N–H and O–H groups in total. The summed E-state index contributed by atoms with van der Waals surface area (Å²) in [7, 11) is -1.94. The number of hydrogen-bond acceptors (Lipinski definition) is 4. The molecule has 0 aromatic heterocycles. The standard InChI is InChI=1S/C10H12O4S/c1-14-10-8(6-7-11)4-3-5-9(10)15(2,12)13/h3-5,7H,6H2,1-2H3. The fourth-order valence-electron chi connectivity index (χ4n) is 1.34. The molecule has 0 aliphatic rings. The maximum absolute atomic E-state index is 11.4. The van der Waals surface area contributed by atoms with Gasteiger partial charge in [-0.15, -0.1) is 0 Å². The van der Waals surface area contributed by atoms with E-state index < -0.39 is 9.84 Å². The van der Waals surface area contributed by atoms with Crippen LogP contribution in [0.3, 0.4) is 0 Å². The number of carbonyl (C=O) groups is 1. The predicted molar refractivity (Wildman–Crippen MR) is 55.9 cm³/mol. The monoisotopic (exact) mass is 228 g/mol. The van der Waals surface area contributed by atoms with Crippen molar-refractivity contribution < 1.29 is 17.9 Å². The zero-order valence-corrected chi connectivity index (χ0v) is 9.37. The van der Waals surface area contributed by atoms with Gasteiger partial charge in [-0.3, -0.25) is 0 Å². The molecule has 0 amide bonds. The van der Waals surface area contributed by atoms with Crippen LogP contribution in [0.25, 0.3) is 0 Å². The summed E-state index contributed by atoms with van der Waals surface area (Å²) in [6.45, 7) is 0. The third-order valence-corrected chi connectivity index (χ3v) is 3.09. The van der Waals surface area contributed by atoms with Gasteiger partial charge in [-0.05, 0) is 6.07 Å². The van der Waals surface area contributed by atoms with Crippen molar-refractivity contribution in [2.24, 2.45) is 0 Å². The Morgan fingerprint density at radius 3 is 2.53 bits per heavy atom. The van der Waals surface area contributed by atoms with Crippen LogP contribution in [0.5, 0.6) is 5.75 Å². The number of methoxy groups -OCH3 is 1. The van der Waals surface area contributed by atoms with Gasteiger partial charge < -0.3 is 9.53 Å². The van der Waals surface area contributed by atoms with Crippen molar-refractivity contribution in [3.63, 3.8) is 0 Å². The summed E-state index contributed by atoms with van der Waals surface area (Å²) >= 11 is 0. The van der Waals surface area contributed by atoms with Gasteiger partial charge in [0.1, 0.15) is 16.9 Å². The van der Waals surface area contributed by atoms with Crippen LogP contribution in [-0.4, -0.2) is 28.1 Å². The highest BCUT2D eigenvalue weighted by atomic mass is 32.2. The highest BCUT2D eigenvalue weighted by Gasteiger charge is 2.16. The number of sulfone groups is 1. The second-order valence-electron chi connectivity index (χ2n) is 3.09. The zero-order valence-electron chi connectivity index (χ0n) is 8.56. The molecule has 0 bridgehead atoms. The normalized spacial score (nSPS) is 11.1. The minimum atomic E-state index is -3.33. The summed E-state index contributed by atoms with van der Waals surface area (Å²) < 4.78 is 27.8. The molecule has 1 aromatic rings. The van der Waals surface area contributed by atoms with Crippen LogP contribution in [0.15, 0.2) is 23.1 Å². The molecular weight excluding hydrogens is 216 g/mol. The highest BCUT2D eigenvalue weighted by molar-refractivity contribution is 7.90. The van der Waals surface area contributed by atoms with Crippen LogP contribution < -0.4 is 4.74 Å². The Hall–Kier alpha value is -1.36. The lowest BCUT2D eigenvalue weighted by Gasteiger charge is -2.10. The average Bonchev–Trinajstić information content (AvgIpc) is 2.16. The molecule has 15 heavy (non-hydrogen) atoms. The maximum Gasteiger partial charge on any atom is 0.179 e. The minimum Gasteiger partial charge on any atom is -0.495 e. The van der Waals surface area contributed by atoms with Gasteiger partial charge in [0.05, 0.1) is 7.11 Å². The van der Waals surface area contributed by atoms with Gasteiger partial charge in [0, 0.05) is 18.2 Å². The van der Waals surface area contributed by atoms with E-state index in [4.69, 9.17) is 4.74 Å². The zero-order chi connectivity index (χ0) is 11.5. The largest absolute Gasteiger partial charge is 0.495 e. The molecule has 0 saturated heterocycles. The Morgan fingerprint density at radius 1 is 1.40 bits per heavy atom. The first-order chi connectivity index (χ1) is 7.00. The molecule has 0 spiro atoms. The number of ether oxygens (including phenoxy) is 1. The first-order valence-electron chi connectivity index (χ1n) is 4.30.